The molecule has 1 aromatic rings. The predicted molar refractivity (Wildman–Crippen MR) is 59.2 cm³/mol. The molecule has 0 radical (unpaired) electrons. The van der Waals surface area contributed by atoms with Crippen molar-refractivity contribution in [2.75, 3.05) is 6.51 Å². The molecule has 80 valence electrons. The van der Waals surface area contributed by atoms with Gasteiger partial charge < -0.3 is 9.94 Å². The summed E-state index contributed by atoms with van der Waals surface area (Å²) >= 11 is 0. The van der Waals surface area contributed by atoms with Crippen molar-refractivity contribution in [2.24, 2.45) is 0 Å². The molecule has 1 atom stereocenters. The Morgan fingerprint density at radius 1 is 1.47 bits per heavy atom. The number of hydrogen-bond acceptors (Lipinski definition) is 3. The monoisotopic (exact) mass is 207 g/mol. The molecule has 2 N–H and O–H groups in total. The number of hydroxylamine groups is 1. The van der Waals surface area contributed by atoms with E-state index in [1.54, 1.807) is 7.85 Å². The molecule has 0 aliphatic carbocycles. The summed E-state index contributed by atoms with van der Waals surface area (Å²) in [7, 11) is 1.80. The van der Waals surface area contributed by atoms with Crippen molar-refractivity contribution < 1.29 is 14.7 Å². The molecule has 0 aliphatic rings. The van der Waals surface area contributed by atoms with E-state index < -0.39 is 12.0 Å². The smallest absolute Gasteiger partial charge is 0.323 e. The summed E-state index contributed by atoms with van der Waals surface area (Å²) in [5.74, 6) is -0.910. The Balaban J connectivity index is 2.55. The second-order valence-electron chi connectivity index (χ2n) is 3.13. The first-order valence-electron chi connectivity index (χ1n) is 4.88. The topological polar surface area (TPSA) is 58.6 Å². The van der Waals surface area contributed by atoms with E-state index in [-0.39, 0.29) is 0 Å². The van der Waals surface area contributed by atoms with Crippen molar-refractivity contribution >= 4 is 13.8 Å². The van der Waals surface area contributed by atoms with Gasteiger partial charge in [-0.05, 0) is 5.56 Å². The Morgan fingerprint density at radius 2 is 2.13 bits per heavy atom. The fourth-order valence-electron chi connectivity index (χ4n) is 1.21. The maximum absolute atomic E-state index is 10.9. The molecule has 1 rings (SSSR count). The van der Waals surface area contributed by atoms with Gasteiger partial charge in [-0.1, -0.05) is 30.3 Å². The van der Waals surface area contributed by atoms with Crippen molar-refractivity contribution in [1.29, 1.82) is 0 Å². The molecule has 4 nitrogen and oxygen atoms in total. The molecule has 0 saturated heterocycles. The molecule has 0 fully saturated rings. The summed E-state index contributed by atoms with van der Waals surface area (Å²) in [5.41, 5.74) is 3.49. The SMILES string of the molecule is BCON[C@H](Cc1ccccc1)C(=O)O. The van der Waals surface area contributed by atoms with Crippen molar-refractivity contribution in [3.63, 3.8) is 0 Å². The van der Waals surface area contributed by atoms with E-state index in [1.807, 2.05) is 30.3 Å². The second-order valence-corrected chi connectivity index (χ2v) is 3.13. The van der Waals surface area contributed by atoms with E-state index >= 15 is 0 Å². The van der Waals surface area contributed by atoms with Crippen LogP contribution in [0.3, 0.4) is 0 Å². The minimum atomic E-state index is -0.910. The molecule has 0 aromatic heterocycles. The van der Waals surface area contributed by atoms with Crippen LogP contribution in [0.1, 0.15) is 5.56 Å². The number of carbonyl (C=O) groups is 1. The minimum Gasteiger partial charge on any atom is -0.480 e. The average molecular weight is 207 g/mol. The van der Waals surface area contributed by atoms with Crippen LogP contribution in [0, 0.1) is 0 Å². The first-order chi connectivity index (χ1) is 7.24. The number of aliphatic carboxylic acids is 1. The number of hydrogen-bond donors (Lipinski definition) is 2. The molecule has 0 bridgehead atoms. The molecule has 0 spiro atoms. The van der Waals surface area contributed by atoms with Gasteiger partial charge in [-0.25, -0.2) is 0 Å². The summed E-state index contributed by atoms with van der Waals surface area (Å²) in [4.78, 5) is 15.8. The van der Waals surface area contributed by atoms with Gasteiger partial charge in [0.25, 0.3) is 0 Å². The lowest BCUT2D eigenvalue weighted by Crippen LogP contribution is -2.38. The fourth-order valence-corrected chi connectivity index (χ4v) is 1.21. The summed E-state index contributed by atoms with van der Waals surface area (Å²) in [6.07, 6.45) is 0.413. The lowest BCUT2D eigenvalue weighted by Gasteiger charge is -2.13. The Morgan fingerprint density at radius 3 is 2.67 bits per heavy atom. The molecule has 0 aliphatic heterocycles. The Labute approximate surface area is 89.6 Å². The summed E-state index contributed by atoms with van der Waals surface area (Å²) in [6.45, 7) is 0.443. The standard InChI is InChI=1S/C10H14BNO3/c11-7-15-12-9(10(13)14)6-8-4-2-1-3-5-8/h1-5,9,12H,6-7,11H2,(H,13,14)/t9-/m1/s1. The van der Waals surface area contributed by atoms with Crippen LogP contribution < -0.4 is 5.48 Å². The van der Waals surface area contributed by atoms with E-state index in [4.69, 9.17) is 9.94 Å². The van der Waals surface area contributed by atoms with E-state index in [2.05, 4.69) is 5.48 Å². The highest BCUT2D eigenvalue weighted by Gasteiger charge is 2.17. The van der Waals surface area contributed by atoms with Gasteiger partial charge in [0, 0.05) is 12.9 Å². The van der Waals surface area contributed by atoms with Gasteiger partial charge in [0.2, 0.25) is 0 Å². The maximum Gasteiger partial charge on any atom is 0.323 e. The quantitative estimate of drug-likeness (QED) is 0.500. The normalized spacial score (nSPS) is 12.3. The van der Waals surface area contributed by atoms with Gasteiger partial charge >= 0.3 is 5.97 Å². The first kappa shape index (κ1) is 11.7. The lowest BCUT2D eigenvalue weighted by molar-refractivity contribution is -0.143. The van der Waals surface area contributed by atoms with E-state index in [0.717, 1.165) is 5.56 Å². The third-order valence-electron chi connectivity index (χ3n) is 1.95. The Kier molecular flexibility index (Phi) is 4.87. The number of nitrogens with one attached hydrogen (secondary N) is 1. The summed E-state index contributed by atoms with van der Waals surface area (Å²) in [5, 5.41) is 8.92. The highest BCUT2D eigenvalue weighted by Crippen LogP contribution is 2.03. The van der Waals surface area contributed by atoms with Crippen molar-refractivity contribution in [3.05, 3.63) is 35.9 Å². The van der Waals surface area contributed by atoms with Gasteiger partial charge in [0.05, 0.1) is 0 Å². The van der Waals surface area contributed by atoms with E-state index in [9.17, 15) is 4.79 Å². The first-order valence-corrected chi connectivity index (χ1v) is 4.88. The Bertz CT molecular complexity index is 305. The molecule has 0 heterocycles. The third-order valence-corrected chi connectivity index (χ3v) is 1.95. The number of benzene rings is 1. The van der Waals surface area contributed by atoms with E-state index in [1.165, 1.54) is 0 Å². The van der Waals surface area contributed by atoms with Crippen LogP contribution in [-0.2, 0) is 16.1 Å². The molecule has 1 aromatic carbocycles. The minimum absolute atomic E-state index is 0.413. The molecule has 0 amide bonds. The molecule has 0 unspecified atom stereocenters. The van der Waals surface area contributed by atoms with Gasteiger partial charge in [-0.2, -0.15) is 5.48 Å². The number of carboxylic acid groups (broad SMARTS) is 1. The van der Waals surface area contributed by atoms with Gasteiger partial charge in [0.15, 0.2) is 0 Å². The van der Waals surface area contributed by atoms with Gasteiger partial charge in [0.1, 0.15) is 13.9 Å². The van der Waals surface area contributed by atoms with Crippen molar-refractivity contribution in [2.45, 2.75) is 12.5 Å². The van der Waals surface area contributed by atoms with Crippen molar-refractivity contribution in [1.82, 2.24) is 5.48 Å². The van der Waals surface area contributed by atoms with Crippen LogP contribution in [0.4, 0.5) is 0 Å². The van der Waals surface area contributed by atoms with Crippen LogP contribution >= 0.6 is 0 Å². The Hall–Kier alpha value is -1.33. The molecule has 15 heavy (non-hydrogen) atoms. The van der Waals surface area contributed by atoms with Gasteiger partial charge in [-0.15, -0.1) is 0 Å². The lowest BCUT2D eigenvalue weighted by atomic mass is 10.1. The largest absolute Gasteiger partial charge is 0.480 e. The van der Waals surface area contributed by atoms with Crippen molar-refractivity contribution in [3.8, 4) is 0 Å². The second kappa shape index (κ2) is 6.21. The summed E-state index contributed by atoms with van der Waals surface area (Å²) < 4.78 is 0. The zero-order valence-corrected chi connectivity index (χ0v) is 8.64. The maximum atomic E-state index is 10.9. The van der Waals surface area contributed by atoms with Crippen LogP contribution in [0.2, 0.25) is 0 Å². The van der Waals surface area contributed by atoms with Crippen LogP contribution in [-0.4, -0.2) is 31.5 Å². The zero-order chi connectivity index (χ0) is 11.1. The molecular weight excluding hydrogens is 193 g/mol. The number of rotatable bonds is 6. The van der Waals surface area contributed by atoms with E-state index in [0.29, 0.717) is 12.9 Å². The third kappa shape index (κ3) is 4.14. The summed E-state index contributed by atoms with van der Waals surface area (Å²) in [6, 6.07) is 8.75. The predicted octanol–water partition coefficient (Wildman–Crippen LogP) is -0.206. The molecule has 5 heteroatoms. The highest BCUT2D eigenvalue weighted by molar-refractivity contribution is 6.08. The average Bonchev–Trinajstić information content (AvgIpc) is 2.25. The molecular formula is C10H14BNO3. The highest BCUT2D eigenvalue weighted by atomic mass is 16.6. The van der Waals surface area contributed by atoms with Gasteiger partial charge in [-0.3, -0.25) is 4.79 Å². The van der Waals surface area contributed by atoms with Crippen LogP contribution in [0.5, 0.6) is 0 Å². The van der Waals surface area contributed by atoms with Crippen LogP contribution in [0.15, 0.2) is 30.3 Å². The van der Waals surface area contributed by atoms with Crippen LogP contribution in [0.25, 0.3) is 0 Å². The number of carboxylic acids is 1. The fraction of sp³-hybridized carbons (Fsp3) is 0.300. The zero-order valence-electron chi connectivity index (χ0n) is 8.64. The molecule has 0 saturated carbocycles.